The Bertz CT molecular complexity index is 1080. The lowest BCUT2D eigenvalue weighted by atomic mass is 10.1. The number of fused-ring (bicyclic) bond motifs is 1. The highest BCUT2D eigenvalue weighted by atomic mass is 16.5. The number of aromatic nitrogens is 1. The molecule has 2 aromatic carbocycles. The standard InChI is InChI=1S/C24H23N3O3/c28-23(26-12-14-27(15-13-26)24(29)22-11-16-30-22)19-7-5-18(6-8-19)21-10-9-17-3-1-2-4-20(17)25-21/h1-10,22H,11-16H2. The third-order valence-corrected chi connectivity index (χ3v) is 5.88. The molecule has 0 spiro atoms. The van der Waals surface area contributed by atoms with E-state index in [0.717, 1.165) is 28.6 Å². The molecule has 0 N–H and O–H groups in total. The predicted molar refractivity (Wildman–Crippen MR) is 114 cm³/mol. The molecule has 152 valence electrons. The molecule has 3 heterocycles. The minimum absolute atomic E-state index is 0.0000128. The highest BCUT2D eigenvalue weighted by Gasteiger charge is 2.33. The Hall–Kier alpha value is -3.25. The van der Waals surface area contributed by atoms with E-state index in [9.17, 15) is 9.59 Å². The lowest BCUT2D eigenvalue weighted by Crippen LogP contribution is -2.54. The Balaban J connectivity index is 1.25. The minimum atomic E-state index is -0.275. The normalized spacial score (nSPS) is 18.9. The molecule has 1 unspecified atom stereocenters. The average molecular weight is 401 g/mol. The summed E-state index contributed by atoms with van der Waals surface area (Å²) < 4.78 is 5.28. The number of nitrogens with zero attached hydrogens (tertiary/aromatic N) is 3. The van der Waals surface area contributed by atoms with Crippen LogP contribution in [0.3, 0.4) is 0 Å². The van der Waals surface area contributed by atoms with Crippen molar-refractivity contribution in [3.05, 3.63) is 66.2 Å². The summed E-state index contributed by atoms with van der Waals surface area (Å²) >= 11 is 0. The molecule has 2 fully saturated rings. The van der Waals surface area contributed by atoms with Crippen molar-refractivity contribution >= 4 is 22.7 Å². The Labute approximate surface area is 175 Å². The van der Waals surface area contributed by atoms with Gasteiger partial charge in [-0.15, -0.1) is 0 Å². The number of amides is 2. The Morgan fingerprint density at radius 2 is 1.57 bits per heavy atom. The highest BCUT2D eigenvalue weighted by Crippen LogP contribution is 2.22. The van der Waals surface area contributed by atoms with Crippen molar-refractivity contribution in [3.63, 3.8) is 0 Å². The number of hydrogen-bond donors (Lipinski definition) is 0. The predicted octanol–water partition coefficient (Wildman–Crippen LogP) is 2.98. The Kier molecular flexibility index (Phi) is 4.93. The molecule has 1 aromatic heterocycles. The van der Waals surface area contributed by atoms with Crippen molar-refractivity contribution in [1.82, 2.24) is 14.8 Å². The van der Waals surface area contributed by atoms with Crippen LogP contribution in [-0.4, -0.2) is 65.5 Å². The zero-order valence-electron chi connectivity index (χ0n) is 16.7. The van der Waals surface area contributed by atoms with Gasteiger partial charge in [0, 0.05) is 49.1 Å². The number of para-hydroxylation sites is 1. The van der Waals surface area contributed by atoms with E-state index >= 15 is 0 Å². The minimum Gasteiger partial charge on any atom is -0.368 e. The van der Waals surface area contributed by atoms with Crippen molar-refractivity contribution in [3.8, 4) is 11.3 Å². The average Bonchev–Trinajstić information content (AvgIpc) is 2.77. The van der Waals surface area contributed by atoms with Crippen LogP contribution in [-0.2, 0) is 9.53 Å². The topological polar surface area (TPSA) is 62.7 Å². The molecule has 1 atom stereocenters. The van der Waals surface area contributed by atoms with Gasteiger partial charge in [-0.3, -0.25) is 9.59 Å². The van der Waals surface area contributed by atoms with Crippen LogP contribution < -0.4 is 0 Å². The molecular weight excluding hydrogens is 378 g/mol. The number of carbonyl (C=O) groups excluding carboxylic acids is 2. The zero-order chi connectivity index (χ0) is 20.5. The Morgan fingerprint density at radius 3 is 2.27 bits per heavy atom. The second-order valence-corrected chi connectivity index (χ2v) is 7.73. The first kappa shape index (κ1) is 18.8. The third-order valence-electron chi connectivity index (χ3n) is 5.88. The molecule has 30 heavy (non-hydrogen) atoms. The molecule has 0 aliphatic carbocycles. The molecule has 3 aromatic rings. The molecular formula is C24H23N3O3. The van der Waals surface area contributed by atoms with Gasteiger partial charge in [-0.2, -0.15) is 0 Å². The number of piperazine rings is 1. The maximum atomic E-state index is 12.9. The lowest BCUT2D eigenvalue weighted by molar-refractivity contribution is -0.157. The van der Waals surface area contributed by atoms with Gasteiger partial charge in [-0.25, -0.2) is 4.98 Å². The highest BCUT2D eigenvalue weighted by molar-refractivity contribution is 5.95. The smallest absolute Gasteiger partial charge is 0.253 e. The van der Waals surface area contributed by atoms with Crippen LogP contribution in [0.5, 0.6) is 0 Å². The van der Waals surface area contributed by atoms with Crippen LogP contribution in [0.2, 0.25) is 0 Å². The molecule has 0 radical (unpaired) electrons. The van der Waals surface area contributed by atoms with Crippen molar-refractivity contribution in [1.29, 1.82) is 0 Å². The number of carbonyl (C=O) groups is 2. The van der Waals surface area contributed by atoms with Crippen LogP contribution in [0.15, 0.2) is 60.7 Å². The van der Waals surface area contributed by atoms with Gasteiger partial charge in [0.2, 0.25) is 0 Å². The summed E-state index contributed by atoms with van der Waals surface area (Å²) in [6, 6.07) is 19.7. The summed E-state index contributed by atoms with van der Waals surface area (Å²) in [6.45, 7) is 2.88. The van der Waals surface area contributed by atoms with Gasteiger partial charge in [0.25, 0.3) is 11.8 Å². The van der Waals surface area contributed by atoms with Crippen LogP contribution >= 0.6 is 0 Å². The van der Waals surface area contributed by atoms with E-state index in [2.05, 4.69) is 6.07 Å². The van der Waals surface area contributed by atoms with E-state index < -0.39 is 0 Å². The fourth-order valence-corrected chi connectivity index (χ4v) is 3.96. The monoisotopic (exact) mass is 401 g/mol. The van der Waals surface area contributed by atoms with E-state index in [-0.39, 0.29) is 17.9 Å². The van der Waals surface area contributed by atoms with Gasteiger partial charge in [-0.05, 0) is 24.3 Å². The maximum absolute atomic E-state index is 12.9. The van der Waals surface area contributed by atoms with Gasteiger partial charge in [-0.1, -0.05) is 36.4 Å². The summed E-state index contributed by atoms with van der Waals surface area (Å²) in [5.41, 5.74) is 3.47. The summed E-state index contributed by atoms with van der Waals surface area (Å²) in [5.74, 6) is 0.0561. The number of rotatable bonds is 3. The molecule has 5 rings (SSSR count). The summed E-state index contributed by atoms with van der Waals surface area (Å²) in [7, 11) is 0. The first-order valence-corrected chi connectivity index (χ1v) is 10.3. The number of benzene rings is 2. The number of ether oxygens (including phenoxy) is 1. The molecule has 6 nitrogen and oxygen atoms in total. The quantitative estimate of drug-likeness (QED) is 0.677. The molecule has 2 aliphatic heterocycles. The van der Waals surface area contributed by atoms with Crippen molar-refractivity contribution in [2.75, 3.05) is 32.8 Å². The van der Waals surface area contributed by atoms with Crippen molar-refractivity contribution < 1.29 is 14.3 Å². The van der Waals surface area contributed by atoms with Gasteiger partial charge in [0.05, 0.1) is 17.8 Å². The summed E-state index contributed by atoms with van der Waals surface area (Å²) in [6.07, 6.45) is 0.527. The summed E-state index contributed by atoms with van der Waals surface area (Å²) in [4.78, 5) is 33.5. The third kappa shape index (κ3) is 3.55. The van der Waals surface area contributed by atoms with E-state index in [4.69, 9.17) is 9.72 Å². The van der Waals surface area contributed by atoms with Gasteiger partial charge in [0.1, 0.15) is 6.10 Å². The van der Waals surface area contributed by atoms with Crippen LogP contribution in [0, 0.1) is 0 Å². The molecule has 6 heteroatoms. The van der Waals surface area contributed by atoms with Gasteiger partial charge in [0.15, 0.2) is 0 Å². The van der Waals surface area contributed by atoms with Crippen LogP contribution in [0.4, 0.5) is 0 Å². The van der Waals surface area contributed by atoms with Gasteiger partial charge >= 0.3 is 0 Å². The molecule has 2 saturated heterocycles. The molecule has 2 aliphatic rings. The molecule has 0 saturated carbocycles. The van der Waals surface area contributed by atoms with Crippen LogP contribution in [0.25, 0.3) is 22.2 Å². The van der Waals surface area contributed by atoms with Crippen molar-refractivity contribution in [2.45, 2.75) is 12.5 Å². The Morgan fingerprint density at radius 1 is 0.867 bits per heavy atom. The van der Waals surface area contributed by atoms with E-state index in [0.29, 0.717) is 38.3 Å². The fraction of sp³-hybridized carbons (Fsp3) is 0.292. The van der Waals surface area contributed by atoms with Crippen molar-refractivity contribution in [2.24, 2.45) is 0 Å². The van der Waals surface area contributed by atoms with E-state index in [1.165, 1.54) is 0 Å². The first-order chi connectivity index (χ1) is 14.7. The first-order valence-electron chi connectivity index (χ1n) is 10.3. The van der Waals surface area contributed by atoms with Crippen LogP contribution in [0.1, 0.15) is 16.8 Å². The molecule has 0 bridgehead atoms. The maximum Gasteiger partial charge on any atom is 0.253 e. The molecule has 2 amide bonds. The van der Waals surface area contributed by atoms with E-state index in [1.807, 2.05) is 64.4 Å². The largest absolute Gasteiger partial charge is 0.368 e. The summed E-state index contributed by atoms with van der Waals surface area (Å²) in [5, 5.41) is 1.11. The van der Waals surface area contributed by atoms with Gasteiger partial charge < -0.3 is 14.5 Å². The second kappa shape index (κ2) is 7.88. The fourth-order valence-electron chi connectivity index (χ4n) is 3.96. The lowest BCUT2D eigenvalue weighted by Gasteiger charge is -2.38. The SMILES string of the molecule is O=C(c1ccc(-c2ccc3ccccc3n2)cc1)N1CCN(C(=O)C2CCO2)CC1. The number of pyridine rings is 1. The zero-order valence-corrected chi connectivity index (χ0v) is 16.7. The van der Waals surface area contributed by atoms with E-state index in [1.54, 1.807) is 0 Å². The number of hydrogen-bond acceptors (Lipinski definition) is 4. The second-order valence-electron chi connectivity index (χ2n) is 7.73.